The number of halogens is 4. The lowest BCUT2D eigenvalue weighted by Gasteiger charge is -2.22. The molecular formula is C21H16BrClF2N2O3S. The number of sulfonamides is 1. The maximum absolute atomic E-state index is 13.9. The van der Waals surface area contributed by atoms with E-state index in [4.69, 9.17) is 11.6 Å². The Balaban J connectivity index is 1.90. The zero-order chi connectivity index (χ0) is 22.6. The number of para-hydroxylation sites is 1. The van der Waals surface area contributed by atoms with Crippen LogP contribution < -0.4 is 5.32 Å². The first kappa shape index (κ1) is 23.3. The van der Waals surface area contributed by atoms with Crippen molar-refractivity contribution in [3.05, 3.63) is 93.4 Å². The molecule has 0 bridgehead atoms. The number of amides is 1. The molecule has 0 unspecified atom stereocenters. The van der Waals surface area contributed by atoms with E-state index >= 15 is 0 Å². The third-order valence-corrected chi connectivity index (χ3v) is 6.86. The number of benzene rings is 3. The highest BCUT2D eigenvalue weighted by atomic mass is 79.9. The van der Waals surface area contributed by atoms with Crippen molar-refractivity contribution in [3.8, 4) is 0 Å². The molecule has 0 spiro atoms. The number of rotatable bonds is 7. The van der Waals surface area contributed by atoms with Gasteiger partial charge in [0.1, 0.15) is 17.3 Å². The van der Waals surface area contributed by atoms with Crippen LogP contribution in [0.1, 0.15) is 5.56 Å². The number of nitrogens with one attached hydrogen (secondary N) is 1. The van der Waals surface area contributed by atoms with Gasteiger partial charge in [0, 0.05) is 16.0 Å². The molecule has 5 nitrogen and oxygen atoms in total. The van der Waals surface area contributed by atoms with Crippen LogP contribution in [0.4, 0.5) is 14.5 Å². The van der Waals surface area contributed by atoms with Gasteiger partial charge in [-0.1, -0.05) is 45.7 Å². The first-order valence-corrected chi connectivity index (χ1v) is 11.5. The SMILES string of the molecule is O=C(CN(Cc1ccc(Br)cc1)S(=O)(=O)c1ccc(Cl)cc1)Nc1c(F)cccc1F. The van der Waals surface area contributed by atoms with E-state index in [0.717, 1.165) is 27.0 Å². The van der Waals surface area contributed by atoms with Crippen molar-refractivity contribution in [1.29, 1.82) is 0 Å². The zero-order valence-corrected chi connectivity index (χ0v) is 19.0. The summed E-state index contributed by atoms with van der Waals surface area (Å²) in [6, 6.07) is 15.5. The number of hydrogen-bond donors (Lipinski definition) is 1. The molecule has 3 aromatic carbocycles. The average Bonchev–Trinajstić information content (AvgIpc) is 2.72. The number of carbonyl (C=O) groups excluding carboxylic acids is 1. The van der Waals surface area contributed by atoms with Crippen molar-refractivity contribution >= 4 is 49.1 Å². The fourth-order valence-electron chi connectivity index (χ4n) is 2.73. The van der Waals surface area contributed by atoms with Crippen LogP contribution in [0.3, 0.4) is 0 Å². The normalized spacial score (nSPS) is 11.5. The molecule has 3 aromatic rings. The second kappa shape index (κ2) is 9.86. The Labute approximate surface area is 191 Å². The Morgan fingerprint density at radius 2 is 1.55 bits per heavy atom. The smallest absolute Gasteiger partial charge is 0.243 e. The third-order valence-electron chi connectivity index (χ3n) is 4.27. The van der Waals surface area contributed by atoms with E-state index in [1.807, 2.05) is 0 Å². The van der Waals surface area contributed by atoms with Gasteiger partial charge in [0.15, 0.2) is 0 Å². The van der Waals surface area contributed by atoms with Crippen molar-refractivity contribution in [2.24, 2.45) is 0 Å². The van der Waals surface area contributed by atoms with Crippen molar-refractivity contribution in [1.82, 2.24) is 4.31 Å². The molecule has 31 heavy (non-hydrogen) atoms. The Morgan fingerprint density at radius 3 is 2.13 bits per heavy atom. The first-order valence-electron chi connectivity index (χ1n) is 8.91. The predicted molar refractivity (Wildman–Crippen MR) is 118 cm³/mol. The fraction of sp³-hybridized carbons (Fsp3) is 0.0952. The molecule has 3 rings (SSSR count). The number of nitrogens with zero attached hydrogens (tertiary/aromatic N) is 1. The molecule has 1 N–H and O–H groups in total. The quantitative estimate of drug-likeness (QED) is 0.457. The molecule has 0 saturated heterocycles. The largest absolute Gasteiger partial charge is 0.320 e. The molecule has 10 heteroatoms. The molecule has 0 atom stereocenters. The summed E-state index contributed by atoms with van der Waals surface area (Å²) >= 11 is 9.15. The molecule has 0 saturated carbocycles. The lowest BCUT2D eigenvalue weighted by atomic mass is 10.2. The first-order chi connectivity index (χ1) is 14.7. The second-order valence-corrected chi connectivity index (χ2v) is 9.79. The standard InChI is InChI=1S/C21H16BrClF2N2O3S/c22-15-6-4-14(5-7-15)12-27(31(29,30)17-10-8-16(23)9-11-17)13-20(28)26-21-18(24)2-1-3-19(21)25/h1-11H,12-13H2,(H,26,28). The van der Waals surface area contributed by atoms with Gasteiger partial charge in [0.2, 0.25) is 15.9 Å². The van der Waals surface area contributed by atoms with Crippen LogP contribution >= 0.6 is 27.5 Å². The van der Waals surface area contributed by atoms with Crippen LogP contribution in [0.25, 0.3) is 0 Å². The maximum atomic E-state index is 13.9. The molecule has 162 valence electrons. The van der Waals surface area contributed by atoms with E-state index in [0.29, 0.717) is 10.6 Å². The summed E-state index contributed by atoms with van der Waals surface area (Å²) < 4.78 is 55.8. The minimum atomic E-state index is -4.12. The zero-order valence-electron chi connectivity index (χ0n) is 15.9. The lowest BCUT2D eigenvalue weighted by molar-refractivity contribution is -0.116. The Bertz CT molecular complexity index is 1170. The highest BCUT2D eigenvalue weighted by Crippen LogP contribution is 2.22. The minimum absolute atomic E-state index is 0.0705. The lowest BCUT2D eigenvalue weighted by Crippen LogP contribution is -2.37. The summed E-state index contributed by atoms with van der Waals surface area (Å²) in [5.41, 5.74) is -0.0226. The summed E-state index contributed by atoms with van der Waals surface area (Å²) in [6.07, 6.45) is 0. The fourth-order valence-corrected chi connectivity index (χ4v) is 4.51. The molecule has 0 fully saturated rings. The van der Waals surface area contributed by atoms with Gasteiger partial charge in [-0.15, -0.1) is 0 Å². The van der Waals surface area contributed by atoms with E-state index in [2.05, 4.69) is 21.2 Å². The van der Waals surface area contributed by atoms with E-state index in [1.165, 1.54) is 24.3 Å². The van der Waals surface area contributed by atoms with Crippen LogP contribution in [0.15, 0.2) is 76.1 Å². The summed E-state index contributed by atoms with van der Waals surface area (Å²) in [4.78, 5) is 12.5. The van der Waals surface area contributed by atoms with Crippen molar-refractivity contribution in [2.45, 2.75) is 11.4 Å². The molecule has 0 radical (unpaired) electrons. The van der Waals surface area contributed by atoms with Gasteiger partial charge in [-0.3, -0.25) is 4.79 Å². The Hall–Kier alpha value is -2.33. The van der Waals surface area contributed by atoms with E-state index in [9.17, 15) is 22.0 Å². The molecule has 0 aliphatic carbocycles. The Morgan fingerprint density at radius 1 is 0.968 bits per heavy atom. The Kier molecular flexibility index (Phi) is 7.42. The summed E-state index contributed by atoms with van der Waals surface area (Å²) in [5.74, 6) is -2.82. The molecule has 0 heterocycles. The van der Waals surface area contributed by atoms with Gasteiger partial charge in [-0.25, -0.2) is 17.2 Å². The highest BCUT2D eigenvalue weighted by Gasteiger charge is 2.27. The number of hydrogen-bond acceptors (Lipinski definition) is 3. The summed E-state index contributed by atoms with van der Waals surface area (Å²) in [7, 11) is -4.12. The van der Waals surface area contributed by atoms with Gasteiger partial charge < -0.3 is 5.32 Å². The molecular weight excluding hydrogens is 514 g/mol. The van der Waals surface area contributed by atoms with E-state index in [-0.39, 0.29) is 11.4 Å². The molecule has 1 amide bonds. The summed E-state index contributed by atoms with van der Waals surface area (Å²) in [6.45, 7) is -0.791. The van der Waals surface area contributed by atoms with Gasteiger partial charge in [-0.05, 0) is 54.1 Å². The number of carbonyl (C=O) groups is 1. The van der Waals surface area contributed by atoms with Gasteiger partial charge in [0.05, 0.1) is 11.4 Å². The van der Waals surface area contributed by atoms with Crippen molar-refractivity contribution < 1.29 is 22.0 Å². The van der Waals surface area contributed by atoms with Crippen LogP contribution in [0.2, 0.25) is 5.02 Å². The molecule has 0 aliphatic heterocycles. The molecule has 0 aromatic heterocycles. The molecule has 0 aliphatic rings. The topological polar surface area (TPSA) is 66.5 Å². The number of anilines is 1. The maximum Gasteiger partial charge on any atom is 0.243 e. The second-order valence-electron chi connectivity index (χ2n) is 6.50. The van der Waals surface area contributed by atoms with Crippen LogP contribution in [0.5, 0.6) is 0 Å². The van der Waals surface area contributed by atoms with Crippen LogP contribution in [-0.2, 0) is 21.4 Å². The van der Waals surface area contributed by atoms with E-state index in [1.54, 1.807) is 24.3 Å². The van der Waals surface area contributed by atoms with Gasteiger partial charge in [0.25, 0.3) is 0 Å². The van der Waals surface area contributed by atoms with Crippen molar-refractivity contribution in [3.63, 3.8) is 0 Å². The summed E-state index contributed by atoms with van der Waals surface area (Å²) in [5, 5.41) is 2.47. The monoisotopic (exact) mass is 528 g/mol. The van der Waals surface area contributed by atoms with Gasteiger partial charge >= 0.3 is 0 Å². The van der Waals surface area contributed by atoms with E-state index < -0.39 is 39.8 Å². The van der Waals surface area contributed by atoms with Crippen LogP contribution in [-0.4, -0.2) is 25.2 Å². The highest BCUT2D eigenvalue weighted by molar-refractivity contribution is 9.10. The van der Waals surface area contributed by atoms with Crippen LogP contribution in [0, 0.1) is 11.6 Å². The minimum Gasteiger partial charge on any atom is -0.320 e. The van der Waals surface area contributed by atoms with Crippen molar-refractivity contribution in [2.75, 3.05) is 11.9 Å². The third kappa shape index (κ3) is 5.88. The predicted octanol–water partition coefficient (Wildman–Crippen LogP) is 5.21. The van der Waals surface area contributed by atoms with Gasteiger partial charge in [-0.2, -0.15) is 4.31 Å². The average molecular weight is 530 g/mol.